The minimum Gasteiger partial charge on any atom is -0.317 e. The molecule has 1 aromatic rings. The van der Waals surface area contributed by atoms with Crippen LogP contribution in [0.1, 0.15) is 25.6 Å². The van der Waals surface area contributed by atoms with Crippen LogP contribution < -0.4 is 10.0 Å². The first-order chi connectivity index (χ1) is 9.62. The summed E-state index contributed by atoms with van der Waals surface area (Å²) in [7, 11) is -3.43. The van der Waals surface area contributed by atoms with E-state index in [1.807, 2.05) is 0 Å². The number of nitrogens with one attached hydrogen (secondary N) is 3. The van der Waals surface area contributed by atoms with Crippen molar-refractivity contribution in [3.05, 3.63) is 12.2 Å². The number of hydrogen-bond acceptors (Lipinski definition) is 5. The van der Waals surface area contributed by atoms with Gasteiger partial charge >= 0.3 is 0 Å². The second-order valence-corrected chi connectivity index (χ2v) is 6.66. The average molecular weight is 302 g/mol. The highest BCUT2D eigenvalue weighted by atomic mass is 32.2. The van der Waals surface area contributed by atoms with E-state index in [1.165, 1.54) is 10.6 Å². The summed E-state index contributed by atoms with van der Waals surface area (Å²) in [5.41, 5.74) is 0. The van der Waals surface area contributed by atoms with E-state index in [9.17, 15) is 8.42 Å². The van der Waals surface area contributed by atoms with Crippen LogP contribution in [0.25, 0.3) is 0 Å². The van der Waals surface area contributed by atoms with Gasteiger partial charge in [0, 0.05) is 13.1 Å². The molecule has 114 valence electrons. The molecule has 0 bridgehead atoms. The maximum absolute atomic E-state index is 12.1. The molecule has 3 N–H and O–H groups in total. The molecular weight excluding hydrogens is 280 g/mol. The Morgan fingerprint density at radius 3 is 2.80 bits per heavy atom. The monoisotopic (exact) mass is 302 g/mol. The topological polar surface area (TPSA) is 103 Å². The molecule has 0 aromatic carbocycles. The summed E-state index contributed by atoms with van der Waals surface area (Å²) in [6.07, 6.45) is 3.16. The first-order valence-corrected chi connectivity index (χ1v) is 8.35. The molecule has 9 heteroatoms. The molecule has 1 fully saturated rings. The van der Waals surface area contributed by atoms with Crippen LogP contribution in [-0.4, -0.2) is 54.1 Å². The molecule has 1 aliphatic rings. The van der Waals surface area contributed by atoms with Gasteiger partial charge in [0.2, 0.25) is 0 Å². The molecule has 0 atom stereocenters. The molecule has 0 radical (unpaired) electrons. The van der Waals surface area contributed by atoms with Gasteiger partial charge in [-0.25, -0.2) is 4.98 Å². The fraction of sp³-hybridized carbons (Fsp3) is 0.818. The van der Waals surface area contributed by atoms with Crippen LogP contribution >= 0.6 is 0 Å². The molecule has 0 saturated carbocycles. The van der Waals surface area contributed by atoms with E-state index in [0.717, 1.165) is 25.9 Å². The Morgan fingerprint density at radius 1 is 1.45 bits per heavy atom. The van der Waals surface area contributed by atoms with Crippen molar-refractivity contribution >= 4 is 10.2 Å². The van der Waals surface area contributed by atoms with Gasteiger partial charge in [-0.15, -0.1) is 0 Å². The summed E-state index contributed by atoms with van der Waals surface area (Å²) < 4.78 is 28.3. The normalized spacial score (nSPS) is 18.4. The molecule has 1 saturated heterocycles. The third-order valence-electron chi connectivity index (χ3n) is 3.48. The molecule has 8 nitrogen and oxygen atoms in total. The lowest BCUT2D eigenvalue weighted by atomic mass is 9.98. The minimum atomic E-state index is -3.43. The van der Waals surface area contributed by atoms with Crippen LogP contribution in [0.5, 0.6) is 0 Å². The number of H-pyrrole nitrogens is 1. The molecule has 0 aliphatic carbocycles. The number of nitrogens with zero attached hydrogens (tertiary/aromatic N) is 3. The molecule has 2 heterocycles. The van der Waals surface area contributed by atoms with Gasteiger partial charge in [-0.2, -0.15) is 22.5 Å². The van der Waals surface area contributed by atoms with Gasteiger partial charge in [0.05, 0.1) is 6.54 Å². The third-order valence-corrected chi connectivity index (χ3v) is 5.04. The van der Waals surface area contributed by atoms with E-state index in [0.29, 0.717) is 24.8 Å². The maximum Gasteiger partial charge on any atom is 0.279 e. The largest absolute Gasteiger partial charge is 0.317 e. The zero-order valence-corrected chi connectivity index (χ0v) is 12.5. The Kier molecular flexibility index (Phi) is 5.46. The first kappa shape index (κ1) is 15.4. The molecule has 1 aromatic heterocycles. The van der Waals surface area contributed by atoms with E-state index < -0.39 is 10.2 Å². The zero-order valence-electron chi connectivity index (χ0n) is 11.7. The van der Waals surface area contributed by atoms with E-state index in [-0.39, 0.29) is 6.54 Å². The Labute approximate surface area is 119 Å². The molecule has 1 aliphatic heterocycles. The minimum absolute atomic E-state index is 0.139. The lowest BCUT2D eigenvalue weighted by molar-refractivity contribution is 0.266. The van der Waals surface area contributed by atoms with Crippen LogP contribution in [0.3, 0.4) is 0 Å². The molecule has 0 spiro atoms. The predicted octanol–water partition coefficient (Wildman–Crippen LogP) is -0.539. The van der Waals surface area contributed by atoms with Crippen molar-refractivity contribution in [3.8, 4) is 0 Å². The number of aromatic nitrogens is 3. The van der Waals surface area contributed by atoms with Gasteiger partial charge in [0.25, 0.3) is 10.2 Å². The Hall–Kier alpha value is -1.03. The predicted molar refractivity (Wildman–Crippen MR) is 75.0 cm³/mol. The van der Waals surface area contributed by atoms with E-state index >= 15 is 0 Å². The van der Waals surface area contributed by atoms with Crippen molar-refractivity contribution < 1.29 is 8.42 Å². The van der Waals surface area contributed by atoms with E-state index in [2.05, 4.69) is 32.1 Å². The quantitative estimate of drug-likeness (QED) is 0.628. The fourth-order valence-corrected chi connectivity index (χ4v) is 3.46. The number of rotatable bonds is 7. The fourth-order valence-electron chi connectivity index (χ4n) is 2.27. The van der Waals surface area contributed by atoms with Crippen LogP contribution in [-0.2, 0) is 16.8 Å². The lowest BCUT2D eigenvalue weighted by Gasteiger charge is -2.31. The summed E-state index contributed by atoms with van der Waals surface area (Å²) in [6, 6.07) is 0. The van der Waals surface area contributed by atoms with Crippen LogP contribution in [0.15, 0.2) is 6.33 Å². The van der Waals surface area contributed by atoms with E-state index in [4.69, 9.17) is 0 Å². The maximum atomic E-state index is 12.1. The summed E-state index contributed by atoms with van der Waals surface area (Å²) >= 11 is 0. The molecule has 2 rings (SSSR count). The summed E-state index contributed by atoms with van der Waals surface area (Å²) in [5, 5.41) is 9.62. The van der Waals surface area contributed by atoms with Gasteiger partial charge in [-0.1, -0.05) is 6.92 Å². The van der Waals surface area contributed by atoms with Crippen LogP contribution in [0, 0.1) is 5.92 Å². The number of piperidine rings is 1. The SMILES string of the molecule is CCNCC1CCN(S(=O)(=O)NCc2ncn[nH]2)CC1. The Balaban J connectivity index is 1.79. The Morgan fingerprint density at radius 2 is 2.20 bits per heavy atom. The number of aromatic amines is 1. The highest BCUT2D eigenvalue weighted by molar-refractivity contribution is 7.87. The molecule has 0 unspecified atom stereocenters. The first-order valence-electron chi connectivity index (χ1n) is 6.91. The molecular formula is C11H22N6O2S. The van der Waals surface area contributed by atoms with Crippen molar-refractivity contribution in [1.82, 2.24) is 29.5 Å². The standard InChI is InChI=1S/C11H22N6O2S/c1-2-12-7-10-3-5-17(6-4-10)20(18,19)15-8-11-13-9-14-16-11/h9-10,12,15H,2-8H2,1H3,(H,13,14,16). The summed E-state index contributed by atoms with van der Waals surface area (Å²) in [4.78, 5) is 3.89. The number of hydrogen-bond donors (Lipinski definition) is 3. The lowest BCUT2D eigenvalue weighted by Crippen LogP contribution is -2.46. The molecule has 0 amide bonds. The van der Waals surface area contributed by atoms with Crippen LogP contribution in [0.2, 0.25) is 0 Å². The van der Waals surface area contributed by atoms with Crippen molar-refractivity contribution in [2.45, 2.75) is 26.3 Å². The second kappa shape index (κ2) is 7.11. The average Bonchev–Trinajstić information content (AvgIpc) is 2.97. The van der Waals surface area contributed by atoms with Gasteiger partial charge in [-0.05, 0) is 31.8 Å². The second-order valence-electron chi connectivity index (χ2n) is 4.91. The van der Waals surface area contributed by atoms with Crippen molar-refractivity contribution in [2.75, 3.05) is 26.2 Å². The highest BCUT2D eigenvalue weighted by Gasteiger charge is 2.27. The molecule has 20 heavy (non-hydrogen) atoms. The zero-order chi connectivity index (χ0) is 14.4. The Bertz CT molecular complexity index is 481. The van der Waals surface area contributed by atoms with Crippen molar-refractivity contribution in [3.63, 3.8) is 0 Å². The van der Waals surface area contributed by atoms with E-state index in [1.54, 1.807) is 0 Å². The summed E-state index contributed by atoms with van der Waals surface area (Å²) in [5.74, 6) is 1.08. The smallest absolute Gasteiger partial charge is 0.279 e. The van der Waals surface area contributed by atoms with Crippen molar-refractivity contribution in [1.29, 1.82) is 0 Å². The van der Waals surface area contributed by atoms with Gasteiger partial charge in [0.15, 0.2) is 0 Å². The van der Waals surface area contributed by atoms with Crippen molar-refractivity contribution in [2.24, 2.45) is 5.92 Å². The third kappa shape index (κ3) is 4.23. The van der Waals surface area contributed by atoms with Gasteiger partial charge in [0.1, 0.15) is 12.2 Å². The van der Waals surface area contributed by atoms with Gasteiger partial charge < -0.3 is 5.32 Å². The van der Waals surface area contributed by atoms with Crippen LogP contribution in [0.4, 0.5) is 0 Å². The summed E-state index contributed by atoms with van der Waals surface area (Å²) in [6.45, 7) is 5.28. The highest BCUT2D eigenvalue weighted by Crippen LogP contribution is 2.18. The van der Waals surface area contributed by atoms with Gasteiger partial charge in [-0.3, -0.25) is 5.10 Å².